The molecule has 1 rings (SSSR count). The monoisotopic (exact) mass is 304 g/mol. The van der Waals surface area contributed by atoms with Gasteiger partial charge in [0.15, 0.2) is 0 Å². The average molecular weight is 305 g/mol. The molecule has 0 aliphatic heterocycles. The van der Waals surface area contributed by atoms with Crippen molar-refractivity contribution in [1.29, 1.82) is 0 Å². The van der Waals surface area contributed by atoms with Gasteiger partial charge in [-0.1, -0.05) is 27.7 Å². The van der Waals surface area contributed by atoms with Crippen LogP contribution in [0, 0.1) is 6.08 Å². The molecule has 0 aromatic carbocycles. The van der Waals surface area contributed by atoms with Crippen LogP contribution in [0.3, 0.4) is 0 Å². The van der Waals surface area contributed by atoms with Gasteiger partial charge in [0.25, 0.3) is 0 Å². The fourth-order valence-electron chi connectivity index (χ4n) is 0.340. The van der Waals surface area contributed by atoms with Crippen molar-refractivity contribution in [2.75, 3.05) is 0 Å². The van der Waals surface area contributed by atoms with Gasteiger partial charge in [-0.05, 0) is 0 Å². The zero-order valence-corrected chi connectivity index (χ0v) is 13.0. The first-order valence-electron chi connectivity index (χ1n) is 4.50. The molecule has 95 valence electrons. The second kappa shape index (κ2) is 24.7. The van der Waals surface area contributed by atoms with Crippen molar-refractivity contribution < 1.29 is 53.6 Å². The molecule has 0 heterocycles. The standard InChI is InChI=1S/C5H5.2C3H7O.2ClH.V/c1-2-4-5-3-1;2*1-3(2)4;;;/h1-3H,4H2;2*3H,1-2H3;2*1H;/q3*-1;;;+4/p-2. The summed E-state index contributed by atoms with van der Waals surface area (Å²) in [5, 5.41) is 19.1. The van der Waals surface area contributed by atoms with Crippen molar-refractivity contribution in [3.8, 4) is 0 Å². The molecular formula is C11H19Cl2O2V-. The number of allylic oxidation sites excluding steroid dienone is 4. The molecule has 1 radical (unpaired) electrons. The SMILES string of the molecule is CC(C)[O-].CC(C)[O-].[C-]1=CC=CC1.[Cl-].[Cl-].[V+4]. The first-order valence-corrected chi connectivity index (χ1v) is 4.50. The van der Waals surface area contributed by atoms with Crippen molar-refractivity contribution in [3.05, 3.63) is 24.3 Å². The molecule has 2 nitrogen and oxygen atoms in total. The van der Waals surface area contributed by atoms with Gasteiger partial charge in [-0.25, -0.2) is 12.2 Å². The van der Waals surface area contributed by atoms with Crippen LogP contribution in [0.1, 0.15) is 34.1 Å². The molecule has 0 saturated carbocycles. The second-order valence-corrected chi connectivity index (χ2v) is 3.10. The molecule has 5 heteroatoms. The van der Waals surface area contributed by atoms with E-state index in [0.717, 1.165) is 6.42 Å². The summed E-state index contributed by atoms with van der Waals surface area (Å²) in [6.07, 6.45) is 9.17. The Morgan fingerprint density at radius 3 is 1.38 bits per heavy atom. The first-order chi connectivity index (χ1) is 5.96. The number of rotatable bonds is 0. The normalized spacial score (nSPS) is 10.0. The molecule has 1 aliphatic carbocycles. The molecule has 0 spiro atoms. The minimum Gasteiger partial charge on any atom is -1.00 e. The van der Waals surface area contributed by atoms with E-state index < -0.39 is 12.2 Å². The Morgan fingerprint density at radius 1 is 1.00 bits per heavy atom. The van der Waals surface area contributed by atoms with Gasteiger partial charge in [0.05, 0.1) is 0 Å². The van der Waals surface area contributed by atoms with Crippen LogP contribution in [0.25, 0.3) is 0 Å². The second-order valence-electron chi connectivity index (χ2n) is 3.10. The quantitative estimate of drug-likeness (QED) is 0.420. The number of hydrogen-bond acceptors (Lipinski definition) is 2. The van der Waals surface area contributed by atoms with Gasteiger partial charge < -0.3 is 35.0 Å². The molecule has 1 aliphatic rings. The molecule has 0 amide bonds. The molecule has 0 N–H and O–H groups in total. The minimum absolute atomic E-state index is 0. The van der Waals surface area contributed by atoms with Gasteiger partial charge in [-0.15, -0.1) is 18.6 Å². The van der Waals surface area contributed by atoms with Crippen LogP contribution in [-0.2, 0) is 18.6 Å². The van der Waals surface area contributed by atoms with Crippen LogP contribution >= 0.6 is 0 Å². The van der Waals surface area contributed by atoms with E-state index in [1.807, 2.05) is 12.2 Å². The van der Waals surface area contributed by atoms with Gasteiger partial charge in [-0.2, -0.15) is 6.08 Å². The maximum absolute atomic E-state index is 9.53. The predicted octanol–water partition coefficient (Wildman–Crippen LogP) is -5.18. The maximum Gasteiger partial charge on any atom is 4.00 e. The van der Waals surface area contributed by atoms with Crippen LogP contribution in [0.15, 0.2) is 18.2 Å². The van der Waals surface area contributed by atoms with E-state index in [2.05, 4.69) is 12.2 Å². The predicted molar refractivity (Wildman–Crippen MR) is 51.8 cm³/mol. The molecule has 0 atom stereocenters. The molecule has 0 aromatic rings. The fraction of sp³-hybridized carbons (Fsp3) is 0.636. The molecule has 0 bridgehead atoms. The van der Waals surface area contributed by atoms with E-state index in [-0.39, 0.29) is 43.4 Å². The van der Waals surface area contributed by atoms with Crippen LogP contribution in [0.5, 0.6) is 0 Å². The summed E-state index contributed by atoms with van der Waals surface area (Å²) in [6.45, 7) is 6.44. The third-order valence-corrected chi connectivity index (χ3v) is 0.586. The first kappa shape index (κ1) is 30.0. The van der Waals surface area contributed by atoms with E-state index in [4.69, 9.17) is 0 Å². The zero-order valence-electron chi connectivity index (χ0n) is 10.1. The van der Waals surface area contributed by atoms with E-state index in [1.54, 1.807) is 27.7 Å². The summed E-state index contributed by atoms with van der Waals surface area (Å²) < 4.78 is 0. The maximum atomic E-state index is 9.53. The summed E-state index contributed by atoms with van der Waals surface area (Å²) in [6, 6.07) is 0. The Labute approximate surface area is 124 Å². The molecule has 0 aromatic heterocycles. The van der Waals surface area contributed by atoms with Gasteiger partial charge in [-0.3, -0.25) is 6.08 Å². The van der Waals surface area contributed by atoms with Gasteiger partial charge >= 0.3 is 18.6 Å². The smallest absolute Gasteiger partial charge is 1.00 e. The van der Waals surface area contributed by atoms with E-state index in [9.17, 15) is 10.2 Å². The summed E-state index contributed by atoms with van der Waals surface area (Å²) in [4.78, 5) is 0. The molecule has 16 heavy (non-hydrogen) atoms. The van der Waals surface area contributed by atoms with Gasteiger partial charge in [0.1, 0.15) is 0 Å². The van der Waals surface area contributed by atoms with Gasteiger partial charge in [0, 0.05) is 0 Å². The van der Waals surface area contributed by atoms with Gasteiger partial charge in [0.2, 0.25) is 0 Å². The third-order valence-electron chi connectivity index (χ3n) is 0.586. The van der Waals surface area contributed by atoms with Crippen LogP contribution < -0.4 is 35.0 Å². The minimum atomic E-state index is -0.417. The summed E-state index contributed by atoms with van der Waals surface area (Å²) in [7, 11) is 0. The Hall–Kier alpha value is 0.564. The van der Waals surface area contributed by atoms with Crippen LogP contribution in [0.2, 0.25) is 0 Å². The Bertz CT molecular complexity index is 127. The van der Waals surface area contributed by atoms with Crippen molar-refractivity contribution >= 4 is 0 Å². The Balaban J connectivity index is -0.0000000350. The summed E-state index contributed by atoms with van der Waals surface area (Å²) in [5.41, 5.74) is 0. The van der Waals surface area contributed by atoms with Crippen LogP contribution in [-0.4, -0.2) is 12.2 Å². The molecule has 0 fully saturated rings. The fourth-order valence-corrected chi connectivity index (χ4v) is 0.340. The van der Waals surface area contributed by atoms with Crippen molar-refractivity contribution in [3.63, 3.8) is 0 Å². The largest absolute Gasteiger partial charge is 4.00 e. The zero-order chi connectivity index (χ0) is 10.7. The molecule has 0 saturated heterocycles. The van der Waals surface area contributed by atoms with E-state index >= 15 is 0 Å². The van der Waals surface area contributed by atoms with Crippen molar-refractivity contribution in [2.45, 2.75) is 46.3 Å². The van der Waals surface area contributed by atoms with Crippen molar-refractivity contribution in [2.24, 2.45) is 0 Å². The summed E-state index contributed by atoms with van der Waals surface area (Å²) in [5.74, 6) is 0. The van der Waals surface area contributed by atoms with Crippen LogP contribution in [0.4, 0.5) is 0 Å². The molecular weight excluding hydrogens is 286 g/mol. The number of hydrogen-bond donors (Lipinski definition) is 0. The number of halogens is 2. The van der Waals surface area contributed by atoms with E-state index in [0.29, 0.717) is 0 Å². The average Bonchev–Trinajstić information content (AvgIpc) is 2.35. The van der Waals surface area contributed by atoms with Crippen molar-refractivity contribution in [1.82, 2.24) is 0 Å². The third kappa shape index (κ3) is 86.5. The topological polar surface area (TPSA) is 46.1 Å². The Kier molecular flexibility index (Phi) is 46.3. The van der Waals surface area contributed by atoms with E-state index in [1.165, 1.54) is 0 Å². The Morgan fingerprint density at radius 2 is 1.31 bits per heavy atom. The summed E-state index contributed by atoms with van der Waals surface area (Å²) >= 11 is 0. The molecule has 0 unspecified atom stereocenters.